The summed E-state index contributed by atoms with van der Waals surface area (Å²) in [7, 11) is -1.52. The van der Waals surface area contributed by atoms with E-state index in [4.69, 9.17) is 4.74 Å². The third-order valence-corrected chi connectivity index (χ3v) is 6.06. The number of cyclic esters (lactones) is 1. The van der Waals surface area contributed by atoms with E-state index in [9.17, 15) is 18.0 Å². The van der Waals surface area contributed by atoms with Crippen molar-refractivity contribution in [2.75, 3.05) is 18.6 Å². The van der Waals surface area contributed by atoms with Crippen LogP contribution in [0.1, 0.15) is 18.1 Å². The van der Waals surface area contributed by atoms with Crippen molar-refractivity contribution in [2.24, 2.45) is 0 Å². The largest absolute Gasteiger partial charge is 0.439 e. The van der Waals surface area contributed by atoms with Crippen LogP contribution in [-0.2, 0) is 19.4 Å². The fourth-order valence-electron chi connectivity index (χ4n) is 2.99. The molecule has 3 atom stereocenters. The molecule has 124 valence electrons. The molecule has 1 N–H and O–H groups in total. The first kappa shape index (κ1) is 15.8. The highest BCUT2D eigenvalue weighted by Crippen LogP contribution is 2.28. The first-order chi connectivity index (χ1) is 10.9. The van der Waals surface area contributed by atoms with Gasteiger partial charge in [0.1, 0.15) is 0 Å². The van der Waals surface area contributed by atoms with Gasteiger partial charge in [0.15, 0.2) is 22.0 Å². The van der Waals surface area contributed by atoms with E-state index in [1.165, 1.54) is 4.90 Å². The van der Waals surface area contributed by atoms with Crippen molar-refractivity contribution in [2.45, 2.75) is 24.6 Å². The first-order valence-corrected chi connectivity index (χ1v) is 9.19. The smallest absolute Gasteiger partial charge is 0.408 e. The van der Waals surface area contributed by atoms with Crippen LogP contribution in [0.15, 0.2) is 30.3 Å². The van der Waals surface area contributed by atoms with Crippen LogP contribution in [0.4, 0.5) is 4.79 Å². The van der Waals surface area contributed by atoms with E-state index in [0.29, 0.717) is 6.42 Å². The molecule has 2 saturated heterocycles. The average molecular weight is 338 g/mol. The molecule has 2 amide bonds. The molecule has 2 aliphatic heterocycles. The second kappa shape index (κ2) is 5.84. The lowest BCUT2D eigenvalue weighted by molar-refractivity contribution is -0.134. The van der Waals surface area contributed by atoms with Gasteiger partial charge in [0.05, 0.1) is 11.5 Å². The van der Waals surface area contributed by atoms with E-state index in [-0.39, 0.29) is 23.5 Å². The van der Waals surface area contributed by atoms with E-state index in [1.54, 1.807) is 31.3 Å². The predicted octanol–water partition coefficient (Wildman–Crippen LogP) is 0.482. The lowest BCUT2D eigenvalue weighted by Gasteiger charge is -2.27. The number of hydrogen-bond acceptors (Lipinski definition) is 5. The zero-order chi connectivity index (χ0) is 16.6. The Morgan fingerprint density at radius 1 is 1.30 bits per heavy atom. The van der Waals surface area contributed by atoms with Gasteiger partial charge in [-0.05, 0) is 12.0 Å². The molecule has 0 aliphatic carbocycles. The van der Waals surface area contributed by atoms with E-state index in [2.05, 4.69) is 5.32 Å². The van der Waals surface area contributed by atoms with Gasteiger partial charge in [-0.15, -0.1) is 0 Å². The second-order valence-corrected chi connectivity index (χ2v) is 8.09. The minimum Gasteiger partial charge on any atom is -0.439 e. The Balaban J connectivity index is 1.79. The number of likely N-dealkylation sites (N-methyl/N-ethyl adjacent to an activating group) is 1. The number of amides is 2. The summed E-state index contributed by atoms with van der Waals surface area (Å²) in [5.41, 5.74) is 0.719. The number of ether oxygens (including phenoxy) is 1. The maximum Gasteiger partial charge on any atom is 0.408 e. The van der Waals surface area contributed by atoms with Gasteiger partial charge in [-0.3, -0.25) is 4.79 Å². The highest BCUT2D eigenvalue weighted by Gasteiger charge is 2.44. The molecule has 2 heterocycles. The highest BCUT2D eigenvalue weighted by molar-refractivity contribution is 7.91. The summed E-state index contributed by atoms with van der Waals surface area (Å²) in [6.07, 6.45) is -0.941. The van der Waals surface area contributed by atoms with Gasteiger partial charge >= 0.3 is 6.09 Å². The molecule has 2 fully saturated rings. The van der Waals surface area contributed by atoms with Gasteiger partial charge in [-0.1, -0.05) is 30.3 Å². The number of alkyl carbamates (subject to hydrolysis) is 1. The molecule has 0 spiro atoms. The maximum atomic E-state index is 12.7. The molecular weight excluding hydrogens is 320 g/mol. The summed E-state index contributed by atoms with van der Waals surface area (Å²) in [5.74, 6) is -0.288. The third kappa shape index (κ3) is 3.17. The molecule has 8 heteroatoms. The van der Waals surface area contributed by atoms with E-state index >= 15 is 0 Å². The van der Waals surface area contributed by atoms with Crippen LogP contribution in [0.2, 0.25) is 0 Å². The number of sulfone groups is 1. The van der Waals surface area contributed by atoms with Crippen molar-refractivity contribution in [3.05, 3.63) is 35.9 Å². The molecule has 2 aliphatic rings. The number of carbonyl (C=O) groups is 2. The minimum absolute atomic E-state index is 0.0350. The van der Waals surface area contributed by atoms with Crippen LogP contribution in [0.25, 0.3) is 0 Å². The second-order valence-electron chi connectivity index (χ2n) is 5.86. The van der Waals surface area contributed by atoms with Crippen LogP contribution in [0.5, 0.6) is 0 Å². The molecule has 0 saturated carbocycles. The molecule has 7 nitrogen and oxygen atoms in total. The molecule has 3 rings (SSSR count). The number of carbonyl (C=O) groups excluding carboxylic acids is 2. The maximum absolute atomic E-state index is 12.7. The van der Waals surface area contributed by atoms with Crippen LogP contribution >= 0.6 is 0 Å². The van der Waals surface area contributed by atoms with Crippen LogP contribution in [0.3, 0.4) is 0 Å². The Bertz CT molecular complexity index is 719. The normalized spacial score (nSPS) is 28.9. The van der Waals surface area contributed by atoms with Crippen LogP contribution < -0.4 is 5.32 Å². The van der Waals surface area contributed by atoms with Crippen LogP contribution in [-0.4, -0.2) is 56.0 Å². The van der Waals surface area contributed by atoms with Crippen molar-refractivity contribution in [1.82, 2.24) is 10.2 Å². The minimum atomic E-state index is -3.09. The first-order valence-electron chi connectivity index (χ1n) is 7.36. The highest BCUT2D eigenvalue weighted by atomic mass is 32.2. The Labute approximate surface area is 134 Å². The third-order valence-electron chi connectivity index (χ3n) is 4.31. The van der Waals surface area contributed by atoms with Crippen molar-refractivity contribution in [1.29, 1.82) is 0 Å². The Hall–Kier alpha value is -2.09. The molecule has 0 radical (unpaired) electrons. The zero-order valence-corrected chi connectivity index (χ0v) is 13.5. The van der Waals surface area contributed by atoms with Gasteiger partial charge in [0, 0.05) is 13.1 Å². The van der Waals surface area contributed by atoms with Crippen molar-refractivity contribution in [3.8, 4) is 0 Å². The Morgan fingerprint density at radius 3 is 2.61 bits per heavy atom. The molecule has 23 heavy (non-hydrogen) atoms. The fraction of sp³-hybridized carbons (Fsp3) is 0.467. The Kier molecular flexibility index (Phi) is 4.01. The van der Waals surface area contributed by atoms with Gasteiger partial charge in [-0.25, -0.2) is 13.2 Å². The van der Waals surface area contributed by atoms with Gasteiger partial charge < -0.3 is 15.0 Å². The van der Waals surface area contributed by atoms with Crippen molar-refractivity contribution in [3.63, 3.8) is 0 Å². The van der Waals surface area contributed by atoms with E-state index in [1.807, 2.05) is 6.07 Å². The molecule has 1 aromatic carbocycles. The standard InChI is InChI=1S/C15H18N2O5S/c1-17(11-7-8-23(20,21)9-11)14(18)12-13(22-15(19)16-12)10-5-3-2-4-6-10/h2-6,11-13H,7-9H2,1H3,(H,16,19). The molecule has 0 bridgehead atoms. The summed E-state index contributed by atoms with van der Waals surface area (Å²) in [6.45, 7) is 0. The monoisotopic (exact) mass is 338 g/mol. The fourth-order valence-corrected chi connectivity index (χ4v) is 4.77. The number of hydrogen-bond donors (Lipinski definition) is 1. The number of nitrogens with one attached hydrogen (secondary N) is 1. The number of rotatable bonds is 3. The quantitative estimate of drug-likeness (QED) is 0.865. The number of benzene rings is 1. The Morgan fingerprint density at radius 2 is 2.00 bits per heavy atom. The predicted molar refractivity (Wildman–Crippen MR) is 82.4 cm³/mol. The topological polar surface area (TPSA) is 92.8 Å². The van der Waals surface area contributed by atoms with Gasteiger partial charge in [0.2, 0.25) is 5.91 Å². The average Bonchev–Trinajstić information content (AvgIpc) is 3.09. The zero-order valence-electron chi connectivity index (χ0n) is 12.6. The molecule has 3 unspecified atom stereocenters. The van der Waals surface area contributed by atoms with Crippen molar-refractivity contribution < 1.29 is 22.7 Å². The van der Waals surface area contributed by atoms with Crippen LogP contribution in [0, 0.1) is 0 Å². The number of nitrogens with zero attached hydrogens (tertiary/aromatic N) is 1. The lowest BCUT2D eigenvalue weighted by atomic mass is 10.0. The summed E-state index contributed by atoms with van der Waals surface area (Å²) in [6, 6.07) is 7.79. The van der Waals surface area contributed by atoms with Crippen molar-refractivity contribution >= 4 is 21.8 Å². The summed E-state index contributed by atoms with van der Waals surface area (Å²) in [5, 5.41) is 2.53. The van der Waals surface area contributed by atoms with E-state index < -0.39 is 28.1 Å². The van der Waals surface area contributed by atoms with Gasteiger partial charge in [-0.2, -0.15) is 0 Å². The molecule has 0 aromatic heterocycles. The summed E-state index contributed by atoms with van der Waals surface area (Å²) in [4.78, 5) is 25.7. The van der Waals surface area contributed by atoms with Gasteiger partial charge in [0.25, 0.3) is 0 Å². The van der Waals surface area contributed by atoms with E-state index in [0.717, 1.165) is 5.56 Å². The SMILES string of the molecule is CN(C(=O)C1NC(=O)OC1c1ccccc1)C1CCS(=O)(=O)C1. The summed E-state index contributed by atoms with van der Waals surface area (Å²) >= 11 is 0. The lowest BCUT2D eigenvalue weighted by Crippen LogP contribution is -2.49. The summed E-state index contributed by atoms with van der Waals surface area (Å²) < 4.78 is 28.4. The molecular formula is C15H18N2O5S. The molecule has 1 aromatic rings.